The van der Waals surface area contributed by atoms with Gasteiger partial charge in [0.05, 0.1) is 12.8 Å². The number of benzene rings is 1. The van der Waals surface area contributed by atoms with Gasteiger partial charge in [0.25, 0.3) is 5.91 Å². The predicted molar refractivity (Wildman–Crippen MR) is 91.3 cm³/mol. The van der Waals surface area contributed by atoms with Gasteiger partial charge >= 0.3 is 0 Å². The van der Waals surface area contributed by atoms with E-state index in [0.29, 0.717) is 22.5 Å². The number of furan rings is 1. The molecule has 1 unspecified atom stereocenters. The summed E-state index contributed by atoms with van der Waals surface area (Å²) in [7, 11) is 0. The van der Waals surface area contributed by atoms with Gasteiger partial charge in [0.1, 0.15) is 11.4 Å². The van der Waals surface area contributed by atoms with Crippen LogP contribution in [0.3, 0.4) is 0 Å². The molecular weight excluding hydrogens is 320 g/mol. The minimum Gasteiger partial charge on any atom is -0.466 e. The molecule has 6 nitrogen and oxygen atoms in total. The van der Waals surface area contributed by atoms with Gasteiger partial charge in [-0.1, -0.05) is 12.1 Å². The van der Waals surface area contributed by atoms with Crippen molar-refractivity contribution in [3.8, 4) is 0 Å². The highest BCUT2D eigenvalue weighted by Gasteiger charge is 2.27. The van der Waals surface area contributed by atoms with Crippen molar-refractivity contribution in [2.24, 2.45) is 0 Å². The predicted octanol–water partition coefficient (Wildman–Crippen LogP) is 2.48. The average Bonchev–Trinajstić information content (AvgIpc) is 3.33. The summed E-state index contributed by atoms with van der Waals surface area (Å²) in [6, 6.07) is 11.4. The van der Waals surface area contributed by atoms with Crippen LogP contribution in [0.2, 0.25) is 0 Å². The summed E-state index contributed by atoms with van der Waals surface area (Å²) in [5.41, 5.74) is 0.162. The first-order valence-corrected chi connectivity index (χ1v) is 7.79. The van der Waals surface area contributed by atoms with Gasteiger partial charge in [-0.3, -0.25) is 9.59 Å². The van der Waals surface area contributed by atoms with Gasteiger partial charge in [0, 0.05) is 29.1 Å². The Kier molecular flexibility index (Phi) is 4.54. The molecule has 1 atom stereocenters. The Morgan fingerprint density at radius 2 is 1.84 bits per heavy atom. The van der Waals surface area contributed by atoms with E-state index in [1.54, 1.807) is 61.8 Å². The summed E-state index contributed by atoms with van der Waals surface area (Å²) in [6.07, 6.45) is 4.77. The molecule has 0 aliphatic heterocycles. The minimum atomic E-state index is -1.30. The lowest BCUT2D eigenvalue weighted by atomic mass is 10.0. The molecule has 3 N–H and O–H groups in total. The molecular formula is C19H18N2O4. The lowest BCUT2D eigenvalue weighted by molar-refractivity contribution is 0.0330. The Bertz CT molecular complexity index is 847. The zero-order valence-corrected chi connectivity index (χ0v) is 13.7. The van der Waals surface area contributed by atoms with Crippen LogP contribution in [-0.4, -0.2) is 28.3 Å². The van der Waals surface area contributed by atoms with E-state index in [1.807, 2.05) is 0 Å². The molecule has 0 bridgehead atoms. The Hall–Kier alpha value is -3.12. The van der Waals surface area contributed by atoms with Gasteiger partial charge in [-0.15, -0.1) is 0 Å². The molecule has 0 saturated heterocycles. The van der Waals surface area contributed by atoms with E-state index >= 15 is 0 Å². The van der Waals surface area contributed by atoms with E-state index < -0.39 is 5.60 Å². The Morgan fingerprint density at radius 3 is 2.44 bits per heavy atom. The van der Waals surface area contributed by atoms with E-state index in [0.717, 1.165) is 0 Å². The second-order valence-corrected chi connectivity index (χ2v) is 5.94. The standard InChI is InChI=1S/C19H18N2O4/c1-19(24,16-3-2-10-25-16)12-21-18(23)14-6-4-13(5-7-14)17(22)15-8-9-20-11-15/h2-11,20,24H,12H2,1H3,(H,21,23). The zero-order chi connectivity index (χ0) is 17.9. The third-order valence-electron chi connectivity index (χ3n) is 3.91. The Balaban J connectivity index is 1.64. The van der Waals surface area contributed by atoms with Crippen molar-refractivity contribution in [3.05, 3.63) is 83.6 Å². The monoisotopic (exact) mass is 338 g/mol. The normalized spacial score (nSPS) is 13.2. The van der Waals surface area contributed by atoms with Gasteiger partial charge in [-0.25, -0.2) is 0 Å². The molecule has 0 aliphatic rings. The summed E-state index contributed by atoms with van der Waals surface area (Å²) < 4.78 is 5.17. The molecule has 0 aliphatic carbocycles. The number of H-pyrrole nitrogens is 1. The first-order valence-electron chi connectivity index (χ1n) is 7.79. The van der Waals surface area contributed by atoms with Crippen LogP contribution in [0, 0.1) is 0 Å². The molecule has 3 aromatic rings. The van der Waals surface area contributed by atoms with Crippen molar-refractivity contribution in [2.45, 2.75) is 12.5 Å². The topological polar surface area (TPSA) is 95.3 Å². The summed E-state index contributed by atoms with van der Waals surface area (Å²) in [5.74, 6) is -0.0818. The number of aliphatic hydroxyl groups is 1. The third-order valence-corrected chi connectivity index (χ3v) is 3.91. The van der Waals surface area contributed by atoms with Crippen molar-refractivity contribution in [3.63, 3.8) is 0 Å². The van der Waals surface area contributed by atoms with E-state index in [-0.39, 0.29) is 18.2 Å². The van der Waals surface area contributed by atoms with Crippen LogP contribution in [0.25, 0.3) is 0 Å². The highest BCUT2D eigenvalue weighted by molar-refractivity contribution is 6.09. The largest absolute Gasteiger partial charge is 0.466 e. The molecule has 3 rings (SSSR count). The Morgan fingerprint density at radius 1 is 1.12 bits per heavy atom. The maximum atomic E-state index is 12.2. The molecule has 0 fully saturated rings. The number of hydrogen-bond donors (Lipinski definition) is 3. The summed E-state index contributed by atoms with van der Waals surface area (Å²) >= 11 is 0. The zero-order valence-electron chi connectivity index (χ0n) is 13.7. The summed E-state index contributed by atoms with van der Waals surface area (Å²) in [6.45, 7) is 1.56. The van der Waals surface area contributed by atoms with Gasteiger partial charge in [0.15, 0.2) is 5.78 Å². The lowest BCUT2D eigenvalue weighted by Gasteiger charge is -2.21. The first-order chi connectivity index (χ1) is 12.0. The molecule has 0 spiro atoms. The first kappa shape index (κ1) is 16.7. The van der Waals surface area contributed by atoms with Crippen LogP contribution in [-0.2, 0) is 5.60 Å². The summed E-state index contributed by atoms with van der Waals surface area (Å²) in [5, 5.41) is 13.0. The lowest BCUT2D eigenvalue weighted by Crippen LogP contribution is -2.38. The van der Waals surface area contributed by atoms with E-state index in [1.165, 1.54) is 6.26 Å². The van der Waals surface area contributed by atoms with Gasteiger partial charge in [-0.05, 0) is 37.3 Å². The fourth-order valence-electron chi connectivity index (χ4n) is 2.43. The SMILES string of the molecule is CC(O)(CNC(=O)c1ccc(C(=O)c2cc[nH]c2)cc1)c1ccco1. The van der Waals surface area contributed by atoms with E-state index in [2.05, 4.69) is 10.3 Å². The molecule has 1 aromatic carbocycles. The molecule has 128 valence electrons. The number of aromatic amines is 1. The van der Waals surface area contributed by atoms with E-state index in [9.17, 15) is 14.7 Å². The van der Waals surface area contributed by atoms with Gasteiger partial charge < -0.3 is 19.8 Å². The van der Waals surface area contributed by atoms with Crippen molar-refractivity contribution in [1.29, 1.82) is 0 Å². The molecule has 2 heterocycles. The number of aromatic nitrogens is 1. The number of hydrogen-bond acceptors (Lipinski definition) is 4. The molecule has 6 heteroatoms. The van der Waals surface area contributed by atoms with Gasteiger partial charge in [0.2, 0.25) is 0 Å². The molecule has 1 amide bonds. The molecule has 25 heavy (non-hydrogen) atoms. The number of amides is 1. The van der Waals surface area contributed by atoms with Crippen LogP contribution < -0.4 is 5.32 Å². The molecule has 0 radical (unpaired) electrons. The average molecular weight is 338 g/mol. The smallest absolute Gasteiger partial charge is 0.251 e. The Labute approximate surface area is 144 Å². The van der Waals surface area contributed by atoms with Gasteiger partial charge in [-0.2, -0.15) is 0 Å². The highest BCUT2D eigenvalue weighted by Crippen LogP contribution is 2.20. The number of rotatable bonds is 6. The van der Waals surface area contributed by atoms with Crippen LogP contribution >= 0.6 is 0 Å². The number of carbonyl (C=O) groups is 2. The number of nitrogens with one attached hydrogen (secondary N) is 2. The number of carbonyl (C=O) groups excluding carboxylic acids is 2. The van der Waals surface area contributed by atoms with Crippen LogP contribution in [0.4, 0.5) is 0 Å². The fourth-order valence-corrected chi connectivity index (χ4v) is 2.43. The number of ketones is 1. The van der Waals surface area contributed by atoms with Crippen LogP contribution in [0.5, 0.6) is 0 Å². The second-order valence-electron chi connectivity index (χ2n) is 5.94. The van der Waals surface area contributed by atoms with Crippen LogP contribution in [0.15, 0.2) is 65.5 Å². The third kappa shape index (κ3) is 3.70. The highest BCUT2D eigenvalue weighted by atomic mass is 16.4. The maximum Gasteiger partial charge on any atom is 0.251 e. The van der Waals surface area contributed by atoms with Crippen molar-refractivity contribution in [2.75, 3.05) is 6.54 Å². The van der Waals surface area contributed by atoms with Crippen molar-refractivity contribution < 1.29 is 19.1 Å². The van der Waals surface area contributed by atoms with E-state index in [4.69, 9.17) is 4.42 Å². The van der Waals surface area contributed by atoms with Crippen LogP contribution in [0.1, 0.15) is 39.0 Å². The minimum absolute atomic E-state index is 0.00335. The quantitative estimate of drug-likeness (QED) is 0.602. The molecule has 0 saturated carbocycles. The fraction of sp³-hybridized carbons (Fsp3) is 0.158. The van der Waals surface area contributed by atoms with Crippen molar-refractivity contribution in [1.82, 2.24) is 10.3 Å². The maximum absolute atomic E-state index is 12.2. The summed E-state index contributed by atoms with van der Waals surface area (Å²) in [4.78, 5) is 27.3. The second kappa shape index (κ2) is 6.78. The molecule has 2 aromatic heterocycles. The van der Waals surface area contributed by atoms with Crippen molar-refractivity contribution >= 4 is 11.7 Å².